The third kappa shape index (κ3) is 5.13. The lowest BCUT2D eigenvalue weighted by Crippen LogP contribution is -2.12. The molecular formula is C19H17Cl2NO5S. The number of ether oxygens (including phenoxy) is 2. The van der Waals surface area contributed by atoms with Crippen molar-refractivity contribution < 1.29 is 23.9 Å². The fraction of sp³-hybridized carbons (Fsp3) is 0.211. The molecule has 0 aliphatic carbocycles. The van der Waals surface area contributed by atoms with Gasteiger partial charge in [-0.05, 0) is 43.2 Å². The molecule has 2 rings (SSSR count). The van der Waals surface area contributed by atoms with Crippen molar-refractivity contribution in [1.82, 2.24) is 0 Å². The van der Waals surface area contributed by atoms with Crippen LogP contribution in [-0.2, 0) is 14.3 Å². The maximum absolute atomic E-state index is 12.3. The Morgan fingerprint density at radius 3 is 2.54 bits per heavy atom. The van der Waals surface area contributed by atoms with Gasteiger partial charge in [-0.1, -0.05) is 29.3 Å². The molecule has 148 valence electrons. The van der Waals surface area contributed by atoms with Crippen LogP contribution < -0.4 is 5.32 Å². The summed E-state index contributed by atoms with van der Waals surface area (Å²) in [5, 5.41) is 3.68. The van der Waals surface area contributed by atoms with Crippen molar-refractivity contribution in [3.8, 4) is 0 Å². The first-order valence-electron chi connectivity index (χ1n) is 8.11. The zero-order chi connectivity index (χ0) is 20.8. The van der Waals surface area contributed by atoms with Crippen LogP contribution in [0, 0.1) is 6.92 Å². The highest BCUT2D eigenvalue weighted by molar-refractivity contribution is 7.18. The van der Waals surface area contributed by atoms with E-state index in [4.69, 9.17) is 32.7 Å². The molecule has 0 bridgehead atoms. The minimum absolute atomic E-state index is 0.124. The number of hydrogen-bond acceptors (Lipinski definition) is 6. The average Bonchev–Trinajstić information content (AvgIpc) is 2.96. The lowest BCUT2D eigenvalue weighted by Gasteiger charge is -2.05. The molecule has 0 spiro atoms. The molecule has 1 amide bonds. The van der Waals surface area contributed by atoms with Crippen LogP contribution in [-0.4, -0.2) is 31.6 Å². The molecule has 0 fully saturated rings. The standard InChI is InChI=1S/C19H17Cl2NO5S/c1-4-27-18(24)15-10(2)16(19(25)26-3)28-17(15)22-14(23)8-6-11-5-7-12(20)9-13(11)21/h5-9H,4H2,1-3H3,(H,22,23). The van der Waals surface area contributed by atoms with E-state index in [1.165, 1.54) is 19.3 Å². The predicted octanol–water partition coefficient (Wildman–Crippen LogP) is 4.98. The molecule has 0 radical (unpaired) electrons. The molecule has 1 heterocycles. The number of thiophene rings is 1. The second-order valence-corrected chi connectivity index (χ2v) is 7.33. The van der Waals surface area contributed by atoms with Gasteiger partial charge in [-0.3, -0.25) is 4.79 Å². The molecule has 1 N–H and O–H groups in total. The van der Waals surface area contributed by atoms with Gasteiger partial charge in [-0.25, -0.2) is 9.59 Å². The number of benzene rings is 1. The number of amides is 1. The highest BCUT2D eigenvalue weighted by atomic mass is 35.5. The van der Waals surface area contributed by atoms with Crippen LogP contribution in [0.3, 0.4) is 0 Å². The number of carbonyl (C=O) groups is 3. The van der Waals surface area contributed by atoms with Crippen molar-refractivity contribution in [3.05, 3.63) is 55.9 Å². The summed E-state index contributed by atoms with van der Waals surface area (Å²) in [6.45, 7) is 3.41. The Morgan fingerprint density at radius 2 is 1.93 bits per heavy atom. The molecule has 0 saturated heterocycles. The number of esters is 2. The summed E-state index contributed by atoms with van der Waals surface area (Å²) < 4.78 is 9.76. The van der Waals surface area contributed by atoms with E-state index < -0.39 is 17.8 Å². The third-order valence-corrected chi connectivity index (χ3v) is 5.36. The van der Waals surface area contributed by atoms with Gasteiger partial charge in [0, 0.05) is 16.1 Å². The number of halogens is 2. The van der Waals surface area contributed by atoms with Crippen LogP contribution in [0.5, 0.6) is 0 Å². The van der Waals surface area contributed by atoms with Crippen molar-refractivity contribution in [2.45, 2.75) is 13.8 Å². The van der Waals surface area contributed by atoms with Crippen molar-refractivity contribution in [2.75, 3.05) is 19.0 Å². The monoisotopic (exact) mass is 441 g/mol. The van der Waals surface area contributed by atoms with Gasteiger partial charge in [0.1, 0.15) is 9.88 Å². The van der Waals surface area contributed by atoms with Crippen LogP contribution in [0.4, 0.5) is 5.00 Å². The minimum Gasteiger partial charge on any atom is -0.465 e. The van der Waals surface area contributed by atoms with Gasteiger partial charge in [0.25, 0.3) is 0 Å². The van der Waals surface area contributed by atoms with Gasteiger partial charge in [0.05, 0.1) is 19.3 Å². The van der Waals surface area contributed by atoms with Gasteiger partial charge in [-0.2, -0.15) is 0 Å². The molecule has 0 atom stereocenters. The van der Waals surface area contributed by atoms with Crippen LogP contribution in [0.15, 0.2) is 24.3 Å². The molecular weight excluding hydrogens is 425 g/mol. The SMILES string of the molecule is CCOC(=O)c1c(NC(=O)C=Cc2ccc(Cl)cc2Cl)sc(C(=O)OC)c1C. The summed E-state index contributed by atoms with van der Waals surface area (Å²) >= 11 is 12.9. The summed E-state index contributed by atoms with van der Waals surface area (Å²) in [5.41, 5.74) is 1.11. The van der Waals surface area contributed by atoms with Gasteiger partial charge in [0.2, 0.25) is 5.91 Å². The maximum Gasteiger partial charge on any atom is 0.348 e. The lowest BCUT2D eigenvalue weighted by molar-refractivity contribution is -0.111. The first-order valence-corrected chi connectivity index (χ1v) is 9.68. The number of hydrogen-bond donors (Lipinski definition) is 1. The van der Waals surface area contributed by atoms with Crippen molar-refractivity contribution in [2.24, 2.45) is 0 Å². The van der Waals surface area contributed by atoms with Crippen LogP contribution >= 0.6 is 34.5 Å². The highest BCUT2D eigenvalue weighted by Crippen LogP contribution is 2.34. The Balaban J connectivity index is 2.30. The Morgan fingerprint density at radius 1 is 1.21 bits per heavy atom. The number of nitrogens with one attached hydrogen (secondary N) is 1. The molecule has 0 aliphatic rings. The normalized spacial score (nSPS) is 10.8. The average molecular weight is 442 g/mol. The Hall–Kier alpha value is -2.35. The Bertz CT molecular complexity index is 952. The van der Waals surface area contributed by atoms with E-state index in [9.17, 15) is 14.4 Å². The molecule has 9 heteroatoms. The van der Waals surface area contributed by atoms with Crippen LogP contribution in [0.1, 0.15) is 38.1 Å². The topological polar surface area (TPSA) is 81.7 Å². The summed E-state index contributed by atoms with van der Waals surface area (Å²) in [5.74, 6) is -1.74. The quantitative estimate of drug-likeness (QED) is 0.504. The summed E-state index contributed by atoms with van der Waals surface area (Å²) in [6, 6.07) is 4.88. The van der Waals surface area contributed by atoms with Crippen LogP contribution in [0.2, 0.25) is 10.0 Å². The highest BCUT2D eigenvalue weighted by Gasteiger charge is 2.26. The molecule has 1 aromatic heterocycles. The molecule has 1 aromatic carbocycles. The minimum atomic E-state index is -0.633. The van der Waals surface area contributed by atoms with Crippen molar-refractivity contribution in [1.29, 1.82) is 0 Å². The molecule has 0 unspecified atom stereocenters. The first kappa shape index (κ1) is 21.9. The second-order valence-electron chi connectivity index (χ2n) is 5.46. The maximum atomic E-state index is 12.3. The van der Waals surface area contributed by atoms with E-state index >= 15 is 0 Å². The molecule has 6 nitrogen and oxygen atoms in total. The molecule has 0 aliphatic heterocycles. The number of anilines is 1. The summed E-state index contributed by atoms with van der Waals surface area (Å²) in [6.07, 6.45) is 2.77. The fourth-order valence-electron chi connectivity index (χ4n) is 2.29. The number of methoxy groups -OCH3 is 1. The van der Waals surface area contributed by atoms with Gasteiger partial charge in [0.15, 0.2) is 0 Å². The van der Waals surface area contributed by atoms with E-state index in [2.05, 4.69) is 5.32 Å². The second kappa shape index (κ2) is 9.73. The number of carbonyl (C=O) groups excluding carboxylic acids is 3. The van der Waals surface area contributed by atoms with E-state index in [0.29, 0.717) is 21.2 Å². The predicted molar refractivity (Wildman–Crippen MR) is 110 cm³/mol. The van der Waals surface area contributed by atoms with Crippen LogP contribution in [0.25, 0.3) is 6.08 Å². The smallest absolute Gasteiger partial charge is 0.348 e. The summed E-state index contributed by atoms with van der Waals surface area (Å²) in [4.78, 5) is 36.7. The molecule has 0 saturated carbocycles. The third-order valence-electron chi connectivity index (χ3n) is 3.61. The number of rotatable bonds is 6. The molecule has 28 heavy (non-hydrogen) atoms. The zero-order valence-electron chi connectivity index (χ0n) is 15.3. The van der Waals surface area contributed by atoms with E-state index in [1.54, 1.807) is 32.0 Å². The Kier molecular flexibility index (Phi) is 7.62. The zero-order valence-corrected chi connectivity index (χ0v) is 17.6. The first-order chi connectivity index (χ1) is 13.3. The van der Waals surface area contributed by atoms with Gasteiger partial charge < -0.3 is 14.8 Å². The van der Waals surface area contributed by atoms with E-state index in [-0.39, 0.29) is 22.0 Å². The van der Waals surface area contributed by atoms with E-state index in [1.807, 2.05) is 0 Å². The molecule has 2 aromatic rings. The Labute approximate surface area is 176 Å². The van der Waals surface area contributed by atoms with Crippen molar-refractivity contribution >= 4 is 63.5 Å². The summed E-state index contributed by atoms with van der Waals surface area (Å²) in [7, 11) is 1.24. The fourth-order valence-corrected chi connectivity index (χ4v) is 3.88. The van der Waals surface area contributed by atoms with Gasteiger partial charge >= 0.3 is 11.9 Å². The van der Waals surface area contributed by atoms with E-state index in [0.717, 1.165) is 11.3 Å². The lowest BCUT2D eigenvalue weighted by atomic mass is 10.1. The van der Waals surface area contributed by atoms with Crippen molar-refractivity contribution in [3.63, 3.8) is 0 Å². The van der Waals surface area contributed by atoms with Gasteiger partial charge in [-0.15, -0.1) is 11.3 Å². The largest absolute Gasteiger partial charge is 0.465 e.